The lowest BCUT2D eigenvalue weighted by atomic mass is 9.64. The zero-order chi connectivity index (χ0) is 17.8. The minimum Gasteiger partial charge on any atom is -0.490 e. The molecule has 1 aliphatic rings. The fourth-order valence-corrected chi connectivity index (χ4v) is 2.70. The van der Waals surface area contributed by atoms with Crippen molar-refractivity contribution in [3.8, 4) is 17.2 Å². The number of hydrogen-bond acceptors (Lipinski definition) is 4. The maximum absolute atomic E-state index is 7.19. The molecule has 1 aliphatic heterocycles. The lowest BCUT2D eigenvalue weighted by Crippen LogP contribution is -2.23. The van der Waals surface area contributed by atoms with Gasteiger partial charge in [0.25, 0.3) is 0 Å². The zero-order valence-corrected chi connectivity index (χ0v) is 14.8. The van der Waals surface area contributed by atoms with Crippen LogP contribution in [0.3, 0.4) is 0 Å². The molecule has 128 valence electrons. The first-order chi connectivity index (χ1) is 12.1. The van der Waals surface area contributed by atoms with Crippen LogP contribution in [0.2, 0.25) is 6.82 Å². The topological polar surface area (TPSA) is 35.3 Å². The fourth-order valence-electron chi connectivity index (χ4n) is 2.70. The molecule has 3 rings (SSSR count). The lowest BCUT2D eigenvalue weighted by molar-refractivity contribution is 0.254. The average Bonchev–Trinajstić information content (AvgIpc) is 2.96. The van der Waals surface area contributed by atoms with Crippen molar-refractivity contribution < 1.29 is 14.1 Å². The predicted octanol–water partition coefficient (Wildman–Crippen LogP) is 3.33. The van der Waals surface area contributed by atoms with Crippen molar-refractivity contribution in [1.82, 2.24) is 4.90 Å². The molecule has 1 heterocycles. The molecule has 0 saturated heterocycles. The Morgan fingerprint density at radius 2 is 2.04 bits per heavy atom. The summed E-state index contributed by atoms with van der Waals surface area (Å²) in [6, 6.07) is 11.2. The highest BCUT2D eigenvalue weighted by Crippen LogP contribution is 2.35. The van der Waals surface area contributed by atoms with Gasteiger partial charge in [0.15, 0.2) is 17.2 Å². The predicted molar refractivity (Wildman–Crippen MR) is 99.3 cm³/mol. The van der Waals surface area contributed by atoms with Gasteiger partial charge in [0.1, 0.15) is 12.4 Å². The van der Waals surface area contributed by atoms with Crippen LogP contribution >= 0.6 is 0 Å². The number of rotatable bonds is 6. The van der Waals surface area contributed by atoms with E-state index < -0.39 is 0 Å². The molecule has 0 spiro atoms. The fraction of sp³-hybridized carbons (Fsp3) is 0.316. The Hall–Kier alpha value is -2.49. The van der Waals surface area contributed by atoms with Gasteiger partial charge in [-0.15, -0.1) is 0 Å². The van der Waals surface area contributed by atoms with Crippen LogP contribution in [-0.2, 0) is 11.3 Å². The minimum atomic E-state index is 0.131. The van der Waals surface area contributed by atoms with Gasteiger partial charge in [-0.3, -0.25) is 0 Å². The van der Waals surface area contributed by atoms with E-state index in [1.165, 1.54) is 5.46 Å². The van der Waals surface area contributed by atoms with E-state index in [0.29, 0.717) is 30.4 Å². The molecule has 6 heteroatoms. The van der Waals surface area contributed by atoms with Crippen molar-refractivity contribution in [3.05, 3.63) is 53.4 Å². The Morgan fingerprint density at radius 3 is 2.80 bits per heavy atom. The maximum Gasteiger partial charge on any atom is 0.324 e. The number of ether oxygens (including phenoxy) is 2. The summed E-state index contributed by atoms with van der Waals surface area (Å²) in [5.41, 5.74) is 2.89. The van der Waals surface area contributed by atoms with Gasteiger partial charge in [-0.25, -0.2) is 4.85 Å². The summed E-state index contributed by atoms with van der Waals surface area (Å²) >= 11 is 0. The Morgan fingerprint density at radius 1 is 1.20 bits per heavy atom. The molecule has 2 aromatic carbocycles. The van der Waals surface area contributed by atoms with Gasteiger partial charge in [-0.05, 0) is 49.4 Å². The van der Waals surface area contributed by atoms with Gasteiger partial charge >= 0.3 is 6.92 Å². The van der Waals surface area contributed by atoms with E-state index in [9.17, 15) is 0 Å². The maximum atomic E-state index is 7.19. The zero-order valence-electron chi connectivity index (χ0n) is 14.8. The Balaban J connectivity index is 1.80. The second-order valence-corrected chi connectivity index (χ2v) is 6.31. The van der Waals surface area contributed by atoms with E-state index in [4.69, 9.17) is 20.7 Å². The highest BCUT2D eigenvalue weighted by molar-refractivity contribution is 6.67. The van der Waals surface area contributed by atoms with Crippen LogP contribution in [0.5, 0.6) is 17.2 Å². The molecular formula is C19H21BN2O3. The van der Waals surface area contributed by atoms with Crippen LogP contribution in [0, 0.1) is 6.57 Å². The molecule has 5 nitrogen and oxygen atoms in total. The molecule has 0 amide bonds. The molecule has 2 aromatic rings. The normalized spacial score (nSPS) is 12.8. The van der Waals surface area contributed by atoms with Crippen LogP contribution in [-0.4, -0.2) is 39.1 Å². The lowest BCUT2D eigenvalue weighted by Gasteiger charge is -2.15. The van der Waals surface area contributed by atoms with Crippen molar-refractivity contribution in [3.63, 3.8) is 0 Å². The third-order valence-corrected chi connectivity index (χ3v) is 4.12. The summed E-state index contributed by atoms with van der Waals surface area (Å²) in [5, 5.41) is 0. The first-order valence-corrected chi connectivity index (χ1v) is 8.28. The molecule has 0 radical (unpaired) electrons. The number of benzene rings is 2. The number of fused-ring (bicyclic) bond motifs is 1. The van der Waals surface area contributed by atoms with Gasteiger partial charge < -0.3 is 19.0 Å². The Labute approximate surface area is 149 Å². The van der Waals surface area contributed by atoms with Gasteiger partial charge in [-0.1, -0.05) is 19.0 Å². The summed E-state index contributed by atoms with van der Waals surface area (Å²) in [5.74, 6) is 1.93. The molecule has 25 heavy (non-hydrogen) atoms. The van der Waals surface area contributed by atoms with E-state index in [2.05, 4.69) is 4.85 Å². The molecule has 0 saturated carbocycles. The van der Waals surface area contributed by atoms with Gasteiger partial charge in [0.05, 0.1) is 13.2 Å². The van der Waals surface area contributed by atoms with Crippen LogP contribution in [0.4, 0.5) is 5.69 Å². The van der Waals surface area contributed by atoms with E-state index >= 15 is 0 Å². The third kappa shape index (κ3) is 4.13. The number of likely N-dealkylation sites (N-methyl/N-ethyl adjacent to an activating group) is 1. The second-order valence-electron chi connectivity index (χ2n) is 6.31. The quantitative estimate of drug-likeness (QED) is 0.599. The number of nitrogens with zero attached hydrogens (tertiary/aromatic N) is 2. The van der Waals surface area contributed by atoms with E-state index in [-0.39, 0.29) is 6.92 Å². The van der Waals surface area contributed by atoms with Crippen LogP contribution in [0.15, 0.2) is 36.4 Å². The first kappa shape index (κ1) is 17.3. The third-order valence-electron chi connectivity index (χ3n) is 4.12. The van der Waals surface area contributed by atoms with Crippen LogP contribution in [0.25, 0.3) is 4.85 Å². The molecular weight excluding hydrogens is 315 g/mol. The van der Waals surface area contributed by atoms with Crippen molar-refractivity contribution in [2.24, 2.45) is 0 Å². The first-order valence-electron chi connectivity index (χ1n) is 8.28. The van der Waals surface area contributed by atoms with Crippen molar-refractivity contribution in [2.45, 2.75) is 13.4 Å². The average molecular weight is 336 g/mol. The molecule has 0 aliphatic carbocycles. The highest BCUT2D eigenvalue weighted by atomic mass is 16.5. The highest BCUT2D eigenvalue weighted by Gasteiger charge is 2.23. The van der Waals surface area contributed by atoms with E-state index in [1.807, 2.05) is 44.0 Å². The molecule has 0 fully saturated rings. The molecule has 0 atom stereocenters. The van der Waals surface area contributed by atoms with Crippen LogP contribution in [0.1, 0.15) is 5.56 Å². The molecule has 0 N–H and O–H groups in total. The van der Waals surface area contributed by atoms with Crippen molar-refractivity contribution in [2.75, 3.05) is 27.2 Å². The van der Waals surface area contributed by atoms with Gasteiger partial charge in [-0.2, -0.15) is 0 Å². The van der Waals surface area contributed by atoms with Crippen molar-refractivity contribution >= 4 is 18.1 Å². The smallest absolute Gasteiger partial charge is 0.324 e. The Kier molecular flexibility index (Phi) is 5.27. The van der Waals surface area contributed by atoms with E-state index in [0.717, 1.165) is 17.9 Å². The summed E-state index contributed by atoms with van der Waals surface area (Å²) < 4.78 is 17.5. The standard InChI is InChI=1S/C19H21BN2O3/c1-20-17-7-6-16(11-14(17)13-24-20)25-18-8-5-15(21-2)12-19(18)23-10-9-22(3)4/h5-8,11-12H,9-10,13H2,1,3-4H3. The summed E-state index contributed by atoms with van der Waals surface area (Å²) in [6.45, 7) is 11.3. The van der Waals surface area contributed by atoms with Gasteiger partial charge in [0.2, 0.25) is 0 Å². The number of hydrogen-bond donors (Lipinski definition) is 0. The largest absolute Gasteiger partial charge is 0.490 e. The molecule has 0 unspecified atom stereocenters. The summed E-state index contributed by atoms with van der Waals surface area (Å²) in [4.78, 5) is 5.51. The monoisotopic (exact) mass is 336 g/mol. The van der Waals surface area contributed by atoms with Crippen LogP contribution < -0.4 is 14.9 Å². The Bertz CT molecular complexity index is 802. The second kappa shape index (κ2) is 7.60. The van der Waals surface area contributed by atoms with Gasteiger partial charge in [0, 0.05) is 6.54 Å². The molecule has 0 bridgehead atoms. The minimum absolute atomic E-state index is 0.131. The SMILES string of the molecule is [C-]#[N+]c1ccc(Oc2ccc3c(c2)COB3C)c(OCCN(C)C)c1. The van der Waals surface area contributed by atoms with Crippen molar-refractivity contribution in [1.29, 1.82) is 0 Å². The molecule has 0 aromatic heterocycles. The summed E-state index contributed by atoms with van der Waals surface area (Å²) in [6.07, 6.45) is 0. The van der Waals surface area contributed by atoms with E-state index in [1.54, 1.807) is 18.2 Å². The summed E-state index contributed by atoms with van der Waals surface area (Å²) in [7, 11) is 3.98.